The first-order valence-electron chi connectivity index (χ1n) is 11.5. The van der Waals surface area contributed by atoms with Crippen molar-refractivity contribution in [3.05, 3.63) is 64.7 Å². The van der Waals surface area contributed by atoms with Gasteiger partial charge in [0.2, 0.25) is 5.91 Å². The molecule has 2 aliphatic heterocycles. The second-order valence-corrected chi connectivity index (χ2v) is 9.05. The lowest BCUT2D eigenvalue weighted by Crippen LogP contribution is -2.44. The van der Waals surface area contributed by atoms with E-state index in [1.807, 2.05) is 24.3 Å². The van der Waals surface area contributed by atoms with Crippen LogP contribution in [0.2, 0.25) is 0 Å². The van der Waals surface area contributed by atoms with Crippen LogP contribution in [-0.4, -0.2) is 54.2 Å². The number of primary amides is 1. The number of rotatable bonds is 6. The quantitative estimate of drug-likeness (QED) is 0.735. The topological polar surface area (TPSA) is 88.2 Å². The Labute approximate surface area is 195 Å². The summed E-state index contributed by atoms with van der Waals surface area (Å²) in [5.41, 5.74) is 10.8. The van der Waals surface area contributed by atoms with E-state index in [0.29, 0.717) is 32.4 Å². The first-order chi connectivity index (χ1) is 15.9. The summed E-state index contributed by atoms with van der Waals surface area (Å²) in [6, 6.07) is 14.0. The Morgan fingerprint density at radius 1 is 1.12 bits per heavy atom. The number of hydrogen-bond donors (Lipinski definition) is 1. The van der Waals surface area contributed by atoms with E-state index in [2.05, 4.69) is 36.9 Å². The molecule has 2 aromatic carbocycles. The summed E-state index contributed by atoms with van der Waals surface area (Å²) in [4.78, 5) is 27.0. The van der Waals surface area contributed by atoms with Crippen molar-refractivity contribution in [2.75, 3.05) is 26.7 Å². The Bertz CT molecular complexity index is 1070. The molecule has 2 N–H and O–H groups in total. The minimum Gasteiger partial charge on any atom is -0.497 e. The first-order valence-corrected chi connectivity index (χ1v) is 11.5. The molecule has 4 rings (SSSR count). The van der Waals surface area contributed by atoms with Crippen molar-refractivity contribution in [1.82, 2.24) is 9.91 Å². The van der Waals surface area contributed by atoms with Gasteiger partial charge in [0.1, 0.15) is 5.75 Å². The summed E-state index contributed by atoms with van der Waals surface area (Å²) < 4.78 is 5.42. The molecule has 0 bridgehead atoms. The Balaban J connectivity index is 1.58. The van der Waals surface area contributed by atoms with Crippen molar-refractivity contribution in [3.63, 3.8) is 0 Å². The van der Waals surface area contributed by atoms with Crippen LogP contribution in [0.4, 0.5) is 0 Å². The third kappa shape index (κ3) is 5.09. The van der Waals surface area contributed by atoms with Crippen LogP contribution in [0, 0.1) is 19.8 Å². The number of aryl methyl sites for hydroxylation is 2. The highest BCUT2D eigenvalue weighted by molar-refractivity contribution is 6.04. The highest BCUT2D eigenvalue weighted by Gasteiger charge is 2.35. The lowest BCUT2D eigenvalue weighted by Gasteiger charge is -2.31. The Hall–Kier alpha value is -3.19. The molecule has 0 radical (unpaired) electrons. The fraction of sp³-hybridized carbons (Fsp3) is 0.423. The van der Waals surface area contributed by atoms with Crippen LogP contribution in [0.1, 0.15) is 47.6 Å². The monoisotopic (exact) mass is 448 g/mol. The number of benzene rings is 2. The van der Waals surface area contributed by atoms with Gasteiger partial charge in [0.05, 0.1) is 25.4 Å². The van der Waals surface area contributed by atoms with Crippen LogP contribution in [0.3, 0.4) is 0 Å². The summed E-state index contributed by atoms with van der Waals surface area (Å²) in [7, 11) is 1.64. The number of hydrazone groups is 1. The van der Waals surface area contributed by atoms with Crippen molar-refractivity contribution in [1.29, 1.82) is 0 Å². The third-order valence-corrected chi connectivity index (χ3v) is 6.69. The van der Waals surface area contributed by atoms with Crippen LogP contribution >= 0.6 is 0 Å². The zero-order valence-corrected chi connectivity index (χ0v) is 19.6. The number of carbonyl (C=O) groups excluding carboxylic acids is 2. The highest BCUT2D eigenvalue weighted by Crippen LogP contribution is 2.35. The average molecular weight is 449 g/mol. The fourth-order valence-corrected chi connectivity index (χ4v) is 4.79. The second kappa shape index (κ2) is 9.75. The number of hydrogen-bond acceptors (Lipinski definition) is 5. The van der Waals surface area contributed by atoms with Gasteiger partial charge in [-0.15, -0.1) is 0 Å². The summed E-state index contributed by atoms with van der Waals surface area (Å²) in [5.74, 6) is 0.372. The third-order valence-electron chi connectivity index (χ3n) is 6.69. The lowest BCUT2D eigenvalue weighted by atomic mass is 9.95. The number of nitrogens with two attached hydrogens (primary N) is 1. The number of piperidine rings is 1. The molecule has 0 spiro atoms. The number of amides is 2. The molecule has 0 unspecified atom stereocenters. The van der Waals surface area contributed by atoms with Crippen molar-refractivity contribution < 1.29 is 14.3 Å². The minimum atomic E-state index is -0.249. The van der Waals surface area contributed by atoms with Gasteiger partial charge in [-0.1, -0.05) is 35.9 Å². The van der Waals surface area contributed by atoms with Gasteiger partial charge in [-0.05, 0) is 63.0 Å². The van der Waals surface area contributed by atoms with Gasteiger partial charge in [-0.2, -0.15) is 5.10 Å². The van der Waals surface area contributed by atoms with Crippen molar-refractivity contribution in [2.45, 2.75) is 39.2 Å². The van der Waals surface area contributed by atoms with Crippen LogP contribution in [0.15, 0.2) is 47.6 Å². The van der Waals surface area contributed by atoms with Crippen molar-refractivity contribution >= 4 is 17.5 Å². The molecule has 33 heavy (non-hydrogen) atoms. The maximum absolute atomic E-state index is 13.4. The van der Waals surface area contributed by atoms with E-state index in [4.69, 9.17) is 15.6 Å². The smallest absolute Gasteiger partial charge is 0.257 e. The van der Waals surface area contributed by atoms with Crippen LogP contribution in [-0.2, 0) is 9.59 Å². The average Bonchev–Trinajstić information content (AvgIpc) is 3.25. The zero-order valence-electron chi connectivity index (χ0n) is 19.6. The summed E-state index contributed by atoms with van der Waals surface area (Å²) >= 11 is 0. The minimum absolute atomic E-state index is 0.0416. The van der Waals surface area contributed by atoms with Gasteiger partial charge in [-0.3, -0.25) is 14.5 Å². The molecule has 0 saturated carbocycles. The van der Waals surface area contributed by atoms with Crippen LogP contribution < -0.4 is 10.5 Å². The zero-order chi connectivity index (χ0) is 23.5. The molecule has 7 nitrogen and oxygen atoms in total. The van der Waals surface area contributed by atoms with Gasteiger partial charge in [-0.25, -0.2) is 5.01 Å². The molecule has 1 fully saturated rings. The number of likely N-dealkylation sites (tertiary alicyclic amines) is 1. The maximum atomic E-state index is 13.4. The van der Waals surface area contributed by atoms with Gasteiger partial charge < -0.3 is 10.5 Å². The number of carbonyl (C=O) groups is 2. The van der Waals surface area contributed by atoms with E-state index in [1.165, 1.54) is 5.56 Å². The van der Waals surface area contributed by atoms with E-state index in [0.717, 1.165) is 28.2 Å². The van der Waals surface area contributed by atoms with E-state index < -0.39 is 0 Å². The first kappa shape index (κ1) is 23.0. The molecule has 1 saturated heterocycles. The van der Waals surface area contributed by atoms with Gasteiger partial charge >= 0.3 is 0 Å². The molecule has 174 valence electrons. The van der Waals surface area contributed by atoms with Gasteiger partial charge in [0, 0.05) is 17.9 Å². The van der Waals surface area contributed by atoms with E-state index in [-0.39, 0.29) is 30.3 Å². The maximum Gasteiger partial charge on any atom is 0.257 e. The molecule has 2 heterocycles. The predicted octanol–water partition coefficient (Wildman–Crippen LogP) is 3.19. The Morgan fingerprint density at radius 2 is 1.88 bits per heavy atom. The van der Waals surface area contributed by atoms with Crippen LogP contribution in [0.5, 0.6) is 5.75 Å². The summed E-state index contributed by atoms with van der Waals surface area (Å²) in [5, 5.41) is 6.47. The number of ether oxygens (including phenoxy) is 1. The Morgan fingerprint density at radius 3 is 2.55 bits per heavy atom. The number of nitrogens with zero attached hydrogens (tertiary/aromatic N) is 3. The van der Waals surface area contributed by atoms with E-state index in [1.54, 1.807) is 12.1 Å². The molecular formula is C26H32N4O3. The molecule has 1 atom stereocenters. The van der Waals surface area contributed by atoms with Gasteiger partial charge in [0.25, 0.3) is 5.91 Å². The largest absolute Gasteiger partial charge is 0.497 e. The Kier molecular flexibility index (Phi) is 6.79. The SMILES string of the molecule is COc1cccc([C@@H]2CC(c3ccc(C)cc3C)=NN2C(=O)CN2CCC(C(N)=O)CC2)c1. The molecule has 0 aliphatic carbocycles. The predicted molar refractivity (Wildman–Crippen MR) is 128 cm³/mol. The standard InChI is InChI=1S/C26H32N4O3/c1-17-7-8-22(18(2)13-17)23-15-24(20-5-4-6-21(14-20)33-3)30(28-23)25(31)16-29-11-9-19(10-12-29)26(27)32/h4-8,13-14,19,24H,9-12,15-16H2,1-3H3,(H2,27,32)/t24-/m0/s1. The number of methoxy groups -OCH3 is 1. The second-order valence-electron chi connectivity index (χ2n) is 9.05. The lowest BCUT2D eigenvalue weighted by molar-refractivity contribution is -0.134. The van der Waals surface area contributed by atoms with Crippen LogP contribution in [0.25, 0.3) is 0 Å². The summed E-state index contributed by atoms with van der Waals surface area (Å²) in [6.07, 6.45) is 2.03. The van der Waals surface area contributed by atoms with E-state index >= 15 is 0 Å². The van der Waals surface area contributed by atoms with Crippen molar-refractivity contribution in [3.8, 4) is 5.75 Å². The fourth-order valence-electron chi connectivity index (χ4n) is 4.79. The van der Waals surface area contributed by atoms with Crippen molar-refractivity contribution in [2.24, 2.45) is 16.8 Å². The normalized spacial score (nSPS) is 19.4. The molecule has 2 amide bonds. The molecular weight excluding hydrogens is 416 g/mol. The molecule has 2 aromatic rings. The highest BCUT2D eigenvalue weighted by atomic mass is 16.5. The van der Waals surface area contributed by atoms with Gasteiger partial charge in [0.15, 0.2) is 0 Å². The molecule has 0 aromatic heterocycles. The molecule has 2 aliphatic rings. The molecule has 7 heteroatoms. The summed E-state index contributed by atoms with van der Waals surface area (Å²) in [6.45, 7) is 5.80. The van der Waals surface area contributed by atoms with E-state index in [9.17, 15) is 9.59 Å².